The zero-order chi connectivity index (χ0) is 17.1. The number of anilines is 1. The molecule has 2 aromatic heterocycles. The molecule has 5 nitrogen and oxygen atoms in total. The molecule has 0 fully saturated rings. The number of aromatic nitrogens is 2. The first-order valence-corrected chi connectivity index (χ1v) is 9.41. The molecule has 0 aliphatic heterocycles. The summed E-state index contributed by atoms with van der Waals surface area (Å²) in [6, 6.07) is 9.61. The van der Waals surface area contributed by atoms with Gasteiger partial charge in [-0.1, -0.05) is 30.8 Å². The van der Waals surface area contributed by atoms with Crippen LogP contribution in [0.1, 0.15) is 12.5 Å². The molecule has 3 aromatic rings. The summed E-state index contributed by atoms with van der Waals surface area (Å²) >= 11 is 2.64. The van der Waals surface area contributed by atoms with Gasteiger partial charge in [0.25, 0.3) is 5.56 Å². The molecule has 124 valence electrons. The second-order valence-electron chi connectivity index (χ2n) is 5.28. The molecular formula is C17H17N3O2S2. The first-order valence-electron chi connectivity index (χ1n) is 7.54. The van der Waals surface area contributed by atoms with Gasteiger partial charge in [0.05, 0.1) is 11.3 Å². The maximum Gasteiger partial charge on any atom is 0.271 e. The van der Waals surface area contributed by atoms with Crippen LogP contribution >= 0.6 is 23.1 Å². The van der Waals surface area contributed by atoms with E-state index in [0.29, 0.717) is 15.4 Å². The zero-order valence-electron chi connectivity index (χ0n) is 13.4. The van der Waals surface area contributed by atoms with Gasteiger partial charge in [0.15, 0.2) is 5.16 Å². The van der Waals surface area contributed by atoms with Crippen LogP contribution in [0.5, 0.6) is 0 Å². The molecule has 2 heterocycles. The summed E-state index contributed by atoms with van der Waals surface area (Å²) in [7, 11) is 1.68. The number of thioether (sulfide) groups is 1. The monoisotopic (exact) mass is 359 g/mol. The van der Waals surface area contributed by atoms with E-state index in [2.05, 4.69) is 17.2 Å². The van der Waals surface area contributed by atoms with Gasteiger partial charge >= 0.3 is 0 Å². The van der Waals surface area contributed by atoms with E-state index in [4.69, 9.17) is 0 Å². The van der Waals surface area contributed by atoms with Crippen LogP contribution in [0.25, 0.3) is 10.2 Å². The highest BCUT2D eigenvalue weighted by atomic mass is 32.2. The lowest BCUT2D eigenvalue weighted by molar-refractivity contribution is -0.113. The number of hydrogen-bond acceptors (Lipinski definition) is 5. The number of carbonyl (C=O) groups excluding carboxylic acids is 1. The Hall–Kier alpha value is -2.12. The van der Waals surface area contributed by atoms with Gasteiger partial charge < -0.3 is 5.32 Å². The van der Waals surface area contributed by atoms with Gasteiger partial charge in [-0.2, -0.15) is 0 Å². The molecule has 1 aromatic carbocycles. The van der Waals surface area contributed by atoms with Crippen molar-refractivity contribution in [2.45, 2.75) is 18.5 Å². The van der Waals surface area contributed by atoms with Crippen molar-refractivity contribution in [2.75, 3.05) is 11.1 Å². The Labute approximate surface area is 147 Å². The summed E-state index contributed by atoms with van der Waals surface area (Å²) in [6.45, 7) is 2.07. The van der Waals surface area contributed by atoms with Gasteiger partial charge in [-0.25, -0.2) is 4.98 Å². The van der Waals surface area contributed by atoms with Gasteiger partial charge in [-0.15, -0.1) is 11.3 Å². The SMILES string of the molecule is CCc1cccc(NC(=O)CSc2nc3ccsc3c(=O)n2C)c1. The number of hydrogen-bond donors (Lipinski definition) is 1. The van der Waals surface area contributed by atoms with Crippen LogP contribution in [0.3, 0.4) is 0 Å². The molecule has 0 saturated carbocycles. The van der Waals surface area contributed by atoms with Crippen LogP contribution in [0.2, 0.25) is 0 Å². The van der Waals surface area contributed by atoms with Crippen molar-refractivity contribution in [1.82, 2.24) is 9.55 Å². The number of nitrogens with one attached hydrogen (secondary N) is 1. The molecule has 1 amide bonds. The molecule has 0 aliphatic rings. The van der Waals surface area contributed by atoms with Gasteiger partial charge in [-0.05, 0) is 35.6 Å². The third kappa shape index (κ3) is 3.52. The van der Waals surface area contributed by atoms with E-state index >= 15 is 0 Å². The van der Waals surface area contributed by atoms with Crippen LogP contribution in [0.15, 0.2) is 45.7 Å². The van der Waals surface area contributed by atoms with Gasteiger partial charge in [-0.3, -0.25) is 14.2 Å². The molecule has 3 rings (SSSR count). The van der Waals surface area contributed by atoms with Crippen LogP contribution in [0, 0.1) is 0 Å². The molecule has 7 heteroatoms. The van der Waals surface area contributed by atoms with Crippen molar-refractivity contribution in [3.63, 3.8) is 0 Å². The Morgan fingerprint density at radius 2 is 2.21 bits per heavy atom. The van der Waals surface area contributed by atoms with Gasteiger partial charge in [0.2, 0.25) is 5.91 Å². The molecule has 0 aliphatic carbocycles. The highest BCUT2D eigenvalue weighted by molar-refractivity contribution is 7.99. The van der Waals surface area contributed by atoms with E-state index < -0.39 is 0 Å². The number of nitrogens with zero attached hydrogens (tertiary/aromatic N) is 2. The van der Waals surface area contributed by atoms with E-state index in [-0.39, 0.29) is 17.2 Å². The van der Waals surface area contributed by atoms with Crippen LogP contribution in [-0.4, -0.2) is 21.2 Å². The molecule has 0 unspecified atom stereocenters. The third-order valence-electron chi connectivity index (χ3n) is 3.60. The minimum Gasteiger partial charge on any atom is -0.325 e. The first kappa shape index (κ1) is 16.7. The summed E-state index contributed by atoms with van der Waals surface area (Å²) in [5.41, 5.74) is 2.57. The predicted octanol–water partition coefficient (Wildman–Crippen LogP) is 3.29. The topological polar surface area (TPSA) is 64.0 Å². The summed E-state index contributed by atoms with van der Waals surface area (Å²) in [5, 5.41) is 5.27. The zero-order valence-corrected chi connectivity index (χ0v) is 15.0. The molecule has 1 N–H and O–H groups in total. The number of carbonyl (C=O) groups is 1. The molecular weight excluding hydrogens is 342 g/mol. The van der Waals surface area contributed by atoms with Crippen LogP contribution in [0.4, 0.5) is 5.69 Å². The fourth-order valence-corrected chi connectivity index (χ4v) is 3.87. The van der Waals surface area contributed by atoms with Gasteiger partial charge in [0, 0.05) is 12.7 Å². The molecule has 0 bridgehead atoms. The van der Waals surface area contributed by atoms with E-state index in [1.165, 1.54) is 33.2 Å². The Bertz CT molecular complexity index is 946. The fraction of sp³-hybridized carbons (Fsp3) is 0.235. The van der Waals surface area contributed by atoms with Crippen molar-refractivity contribution in [3.8, 4) is 0 Å². The average molecular weight is 359 g/mol. The third-order valence-corrected chi connectivity index (χ3v) is 5.52. The normalized spacial score (nSPS) is 10.9. The quantitative estimate of drug-likeness (QED) is 0.561. The lowest BCUT2D eigenvalue weighted by atomic mass is 10.1. The Kier molecular flexibility index (Phi) is 5.01. The largest absolute Gasteiger partial charge is 0.325 e. The van der Waals surface area contributed by atoms with Crippen molar-refractivity contribution < 1.29 is 4.79 Å². The summed E-state index contributed by atoms with van der Waals surface area (Å²) < 4.78 is 2.14. The maximum atomic E-state index is 12.2. The Morgan fingerprint density at radius 1 is 1.38 bits per heavy atom. The van der Waals surface area contributed by atoms with E-state index in [1.807, 2.05) is 35.7 Å². The summed E-state index contributed by atoms with van der Waals surface area (Å²) in [5.74, 6) is 0.0830. The second kappa shape index (κ2) is 7.19. The van der Waals surface area contributed by atoms with E-state index in [0.717, 1.165) is 12.1 Å². The molecule has 0 atom stereocenters. The molecule has 0 saturated heterocycles. The highest BCUT2D eigenvalue weighted by Crippen LogP contribution is 2.20. The average Bonchev–Trinajstić information content (AvgIpc) is 3.05. The van der Waals surface area contributed by atoms with Crippen molar-refractivity contribution in [1.29, 1.82) is 0 Å². The minimum absolute atomic E-state index is 0.0754. The number of fused-ring (bicyclic) bond motifs is 1. The van der Waals surface area contributed by atoms with Crippen molar-refractivity contribution in [2.24, 2.45) is 7.05 Å². The summed E-state index contributed by atoms with van der Waals surface area (Å²) in [6.07, 6.45) is 0.922. The standard InChI is InChI=1S/C17H17N3O2S2/c1-3-11-5-4-6-12(9-11)18-14(21)10-24-17-19-13-7-8-23-15(13)16(22)20(17)2/h4-9H,3,10H2,1-2H3,(H,18,21). The number of amides is 1. The number of aryl methyl sites for hydroxylation is 1. The summed E-state index contributed by atoms with van der Waals surface area (Å²) in [4.78, 5) is 28.8. The van der Waals surface area contributed by atoms with Gasteiger partial charge in [0.1, 0.15) is 4.70 Å². The van der Waals surface area contributed by atoms with E-state index in [1.54, 1.807) is 7.05 Å². The Morgan fingerprint density at radius 3 is 3.00 bits per heavy atom. The molecule has 0 radical (unpaired) electrons. The highest BCUT2D eigenvalue weighted by Gasteiger charge is 2.12. The fourth-order valence-electron chi connectivity index (χ4n) is 2.29. The molecule has 24 heavy (non-hydrogen) atoms. The smallest absolute Gasteiger partial charge is 0.271 e. The lowest BCUT2D eigenvalue weighted by Gasteiger charge is -2.08. The second-order valence-corrected chi connectivity index (χ2v) is 7.14. The number of benzene rings is 1. The predicted molar refractivity (Wildman–Crippen MR) is 100 cm³/mol. The number of thiophene rings is 1. The maximum absolute atomic E-state index is 12.2. The van der Waals surface area contributed by atoms with Crippen LogP contribution < -0.4 is 10.9 Å². The molecule has 0 spiro atoms. The van der Waals surface area contributed by atoms with Crippen molar-refractivity contribution >= 4 is 44.9 Å². The first-order chi connectivity index (χ1) is 11.6. The number of rotatable bonds is 5. The lowest BCUT2D eigenvalue weighted by Crippen LogP contribution is -2.20. The van der Waals surface area contributed by atoms with E-state index in [9.17, 15) is 9.59 Å². The van der Waals surface area contributed by atoms with Crippen molar-refractivity contribution in [3.05, 3.63) is 51.6 Å². The Balaban J connectivity index is 1.70. The minimum atomic E-state index is -0.118. The van der Waals surface area contributed by atoms with Crippen LogP contribution in [-0.2, 0) is 18.3 Å².